The Morgan fingerprint density at radius 3 is 2.43 bits per heavy atom. The van der Waals surface area contributed by atoms with Crippen molar-refractivity contribution in [3.63, 3.8) is 0 Å². The van der Waals surface area contributed by atoms with Crippen molar-refractivity contribution in [1.29, 1.82) is 0 Å². The molecule has 0 saturated heterocycles. The molecule has 0 amide bonds. The molecule has 1 aromatic carbocycles. The molecule has 0 heterocycles. The molecule has 0 aliphatic rings. The third kappa shape index (κ3) is 2.62. The predicted molar refractivity (Wildman–Crippen MR) is 50.2 cm³/mol. The smallest absolute Gasteiger partial charge is 0.330 e. The first-order valence-corrected chi connectivity index (χ1v) is 4.69. The molecule has 0 aliphatic carbocycles. The van der Waals surface area contributed by atoms with E-state index in [1.54, 1.807) is 0 Å². The van der Waals surface area contributed by atoms with E-state index in [1.807, 2.05) is 15.9 Å². The van der Waals surface area contributed by atoms with E-state index >= 15 is 0 Å². The summed E-state index contributed by atoms with van der Waals surface area (Å²) in [6.07, 6.45) is -2.10. The SMILES string of the molecule is OC(c1ccc(Cl)c(F)c1)C(F)(F)Br. The van der Waals surface area contributed by atoms with Crippen molar-refractivity contribution in [2.75, 3.05) is 0 Å². The second-order valence-electron chi connectivity index (χ2n) is 2.62. The average Bonchev–Trinajstić information content (AvgIpc) is 2.07. The first kappa shape index (κ1) is 11.8. The maximum atomic E-state index is 12.8. The van der Waals surface area contributed by atoms with Gasteiger partial charge in [0.2, 0.25) is 0 Å². The monoisotopic (exact) mass is 288 g/mol. The average molecular weight is 289 g/mol. The minimum atomic E-state index is -3.49. The van der Waals surface area contributed by atoms with Crippen molar-refractivity contribution >= 4 is 27.5 Å². The van der Waals surface area contributed by atoms with Crippen molar-refractivity contribution in [2.45, 2.75) is 10.9 Å². The number of aliphatic hydroxyl groups excluding tert-OH is 1. The highest BCUT2D eigenvalue weighted by molar-refractivity contribution is 9.10. The lowest BCUT2D eigenvalue weighted by atomic mass is 10.1. The molecular formula is C8H5BrClF3O. The van der Waals surface area contributed by atoms with Crippen LogP contribution in [-0.2, 0) is 0 Å². The van der Waals surface area contributed by atoms with Gasteiger partial charge >= 0.3 is 4.83 Å². The van der Waals surface area contributed by atoms with Crippen LogP contribution in [-0.4, -0.2) is 9.94 Å². The Morgan fingerprint density at radius 1 is 1.43 bits per heavy atom. The van der Waals surface area contributed by atoms with Gasteiger partial charge in [-0.3, -0.25) is 0 Å². The molecule has 0 fully saturated rings. The van der Waals surface area contributed by atoms with Crippen LogP contribution in [0, 0.1) is 5.82 Å². The molecule has 0 aliphatic heterocycles. The van der Waals surface area contributed by atoms with E-state index in [0.717, 1.165) is 18.2 Å². The molecule has 0 saturated carbocycles. The van der Waals surface area contributed by atoms with Crippen LogP contribution in [0.15, 0.2) is 18.2 Å². The van der Waals surface area contributed by atoms with Crippen molar-refractivity contribution in [1.82, 2.24) is 0 Å². The number of rotatable bonds is 2. The Balaban J connectivity index is 3.03. The minimum absolute atomic E-state index is 0.182. The first-order chi connectivity index (χ1) is 6.32. The van der Waals surface area contributed by atoms with Crippen LogP contribution in [0.2, 0.25) is 5.02 Å². The summed E-state index contributed by atoms with van der Waals surface area (Å²) in [5, 5.41) is 8.88. The summed E-state index contributed by atoms with van der Waals surface area (Å²) >= 11 is 7.33. The molecule has 1 aromatic rings. The maximum absolute atomic E-state index is 12.8. The zero-order valence-corrected chi connectivity index (χ0v) is 8.99. The molecule has 14 heavy (non-hydrogen) atoms. The normalized spacial score (nSPS) is 14.1. The van der Waals surface area contributed by atoms with Gasteiger partial charge in [-0.05, 0) is 33.6 Å². The summed E-state index contributed by atoms with van der Waals surface area (Å²) in [5.41, 5.74) is -0.242. The van der Waals surface area contributed by atoms with Gasteiger partial charge in [-0.2, -0.15) is 8.78 Å². The summed E-state index contributed by atoms with van der Waals surface area (Å²) < 4.78 is 37.9. The Kier molecular flexibility index (Phi) is 3.44. The van der Waals surface area contributed by atoms with E-state index in [4.69, 9.17) is 16.7 Å². The van der Waals surface area contributed by atoms with Gasteiger partial charge in [0.1, 0.15) is 5.82 Å². The van der Waals surface area contributed by atoms with Crippen molar-refractivity contribution in [3.05, 3.63) is 34.6 Å². The highest BCUT2D eigenvalue weighted by Crippen LogP contribution is 2.37. The number of hydrogen-bond donors (Lipinski definition) is 1. The zero-order chi connectivity index (χ0) is 10.9. The summed E-state index contributed by atoms with van der Waals surface area (Å²) in [6.45, 7) is 0. The van der Waals surface area contributed by atoms with Gasteiger partial charge in [0.05, 0.1) is 5.02 Å². The van der Waals surface area contributed by atoms with E-state index in [-0.39, 0.29) is 10.6 Å². The molecule has 0 spiro atoms. The molecule has 78 valence electrons. The fourth-order valence-electron chi connectivity index (χ4n) is 0.871. The summed E-state index contributed by atoms with van der Waals surface area (Å²) in [7, 11) is 0. The molecule has 0 aromatic heterocycles. The van der Waals surface area contributed by atoms with Gasteiger partial charge in [-0.25, -0.2) is 4.39 Å². The highest BCUT2D eigenvalue weighted by atomic mass is 79.9. The highest BCUT2D eigenvalue weighted by Gasteiger charge is 2.36. The fraction of sp³-hybridized carbons (Fsp3) is 0.250. The Hall–Kier alpha value is -0.260. The van der Waals surface area contributed by atoms with Gasteiger partial charge in [-0.15, -0.1) is 0 Å². The van der Waals surface area contributed by atoms with Crippen LogP contribution < -0.4 is 0 Å². The van der Waals surface area contributed by atoms with Gasteiger partial charge in [-0.1, -0.05) is 17.7 Å². The lowest BCUT2D eigenvalue weighted by Crippen LogP contribution is -2.18. The lowest BCUT2D eigenvalue weighted by molar-refractivity contribution is -0.0295. The van der Waals surface area contributed by atoms with Crippen LogP contribution in [0.3, 0.4) is 0 Å². The maximum Gasteiger partial charge on any atom is 0.330 e. The Labute approximate surface area is 91.6 Å². The topological polar surface area (TPSA) is 20.2 Å². The van der Waals surface area contributed by atoms with Crippen molar-refractivity contribution < 1.29 is 18.3 Å². The molecule has 0 bridgehead atoms. The largest absolute Gasteiger partial charge is 0.381 e. The second-order valence-corrected chi connectivity index (χ2v) is 4.08. The van der Waals surface area contributed by atoms with Crippen LogP contribution in [0.4, 0.5) is 13.2 Å². The van der Waals surface area contributed by atoms with E-state index in [2.05, 4.69) is 0 Å². The third-order valence-corrected chi connectivity index (χ3v) is 2.31. The molecular weight excluding hydrogens is 284 g/mol. The van der Waals surface area contributed by atoms with Gasteiger partial charge < -0.3 is 5.11 Å². The summed E-state index contributed by atoms with van der Waals surface area (Å²) in [6, 6.07) is 3.00. The van der Waals surface area contributed by atoms with Crippen LogP contribution >= 0.6 is 27.5 Å². The van der Waals surface area contributed by atoms with Gasteiger partial charge in [0, 0.05) is 0 Å². The number of aliphatic hydroxyl groups is 1. The fourth-order valence-corrected chi connectivity index (χ4v) is 1.25. The van der Waals surface area contributed by atoms with Crippen LogP contribution in [0.5, 0.6) is 0 Å². The number of benzene rings is 1. The molecule has 6 heteroatoms. The van der Waals surface area contributed by atoms with Crippen molar-refractivity contribution in [3.8, 4) is 0 Å². The zero-order valence-electron chi connectivity index (χ0n) is 6.65. The molecule has 1 rings (SSSR count). The van der Waals surface area contributed by atoms with Crippen LogP contribution in [0.1, 0.15) is 11.7 Å². The second kappa shape index (κ2) is 4.08. The molecule has 1 N–H and O–H groups in total. The van der Waals surface area contributed by atoms with E-state index in [9.17, 15) is 13.2 Å². The number of hydrogen-bond acceptors (Lipinski definition) is 1. The quantitative estimate of drug-likeness (QED) is 0.826. The first-order valence-electron chi connectivity index (χ1n) is 3.52. The van der Waals surface area contributed by atoms with E-state index in [0.29, 0.717) is 0 Å². The minimum Gasteiger partial charge on any atom is -0.381 e. The molecule has 1 atom stereocenters. The Bertz CT molecular complexity index is 340. The summed E-state index contributed by atoms with van der Waals surface area (Å²) in [4.78, 5) is -3.49. The molecule has 1 unspecified atom stereocenters. The van der Waals surface area contributed by atoms with Crippen molar-refractivity contribution in [2.24, 2.45) is 0 Å². The summed E-state index contributed by atoms with van der Waals surface area (Å²) in [5.74, 6) is -0.847. The standard InChI is InChI=1S/C8H5BrClF3O/c9-8(12,13)7(14)4-1-2-5(10)6(11)3-4/h1-3,7,14H. The van der Waals surface area contributed by atoms with Gasteiger partial charge in [0.15, 0.2) is 6.10 Å². The Morgan fingerprint density at radius 2 is 2.00 bits per heavy atom. The van der Waals surface area contributed by atoms with E-state index in [1.165, 1.54) is 0 Å². The lowest BCUT2D eigenvalue weighted by Gasteiger charge is -2.16. The predicted octanol–water partition coefficient (Wildman–Crippen LogP) is 3.50. The number of halogens is 5. The molecule has 1 nitrogen and oxygen atoms in total. The van der Waals surface area contributed by atoms with Crippen LogP contribution in [0.25, 0.3) is 0 Å². The van der Waals surface area contributed by atoms with E-state index < -0.39 is 16.8 Å². The third-order valence-electron chi connectivity index (χ3n) is 1.57. The number of alkyl halides is 3. The van der Waals surface area contributed by atoms with Gasteiger partial charge in [0.25, 0.3) is 0 Å². The molecule has 0 radical (unpaired) electrons.